The number of imide groups is 1. The Balaban J connectivity index is 0.824. The third kappa shape index (κ3) is 7.90. The fourth-order valence-electron chi connectivity index (χ4n) is 8.19. The molecule has 55 heavy (non-hydrogen) atoms. The number of carbonyl (C=O) groups is 3. The minimum absolute atomic E-state index is 0.0599. The molecule has 3 amide bonds. The number of hydrogen-bond donors (Lipinski definition) is 4. The molecule has 2 saturated carbocycles. The van der Waals surface area contributed by atoms with Gasteiger partial charge in [0.2, 0.25) is 17.8 Å². The summed E-state index contributed by atoms with van der Waals surface area (Å²) in [6.45, 7) is 7.75. The van der Waals surface area contributed by atoms with E-state index in [1.807, 2.05) is 16.9 Å². The van der Waals surface area contributed by atoms with Gasteiger partial charge >= 0.3 is 0 Å². The van der Waals surface area contributed by atoms with Crippen molar-refractivity contribution >= 4 is 51.8 Å². The van der Waals surface area contributed by atoms with Gasteiger partial charge in [0.15, 0.2) is 0 Å². The van der Waals surface area contributed by atoms with Gasteiger partial charge in [-0.1, -0.05) is 0 Å². The minimum atomic E-state index is -0.863. The number of nitrogens with zero attached hydrogens (tertiary/aromatic N) is 7. The number of piperidine rings is 1. The van der Waals surface area contributed by atoms with Gasteiger partial charge < -0.3 is 25.4 Å². The molecular formula is C39H48FN11O4. The lowest BCUT2D eigenvalue weighted by Crippen LogP contribution is -2.53. The number of aryl methyl sites for hydroxylation is 1. The van der Waals surface area contributed by atoms with Gasteiger partial charge in [-0.15, -0.1) is 0 Å². The van der Waals surface area contributed by atoms with Crippen LogP contribution in [0.2, 0.25) is 0 Å². The molecule has 5 heterocycles. The number of aromatic nitrogens is 5. The Morgan fingerprint density at radius 3 is 2.58 bits per heavy atom. The van der Waals surface area contributed by atoms with Gasteiger partial charge in [0, 0.05) is 69.3 Å². The lowest BCUT2D eigenvalue weighted by atomic mass is 9.85. The van der Waals surface area contributed by atoms with E-state index in [0.29, 0.717) is 34.6 Å². The molecule has 1 unspecified atom stereocenters. The molecule has 4 aliphatic rings. The van der Waals surface area contributed by atoms with E-state index < -0.39 is 23.7 Å². The van der Waals surface area contributed by atoms with Gasteiger partial charge in [0.1, 0.15) is 23.1 Å². The topological polar surface area (TPSA) is 171 Å². The van der Waals surface area contributed by atoms with Crippen LogP contribution in [0.3, 0.4) is 0 Å². The normalized spacial score (nSPS) is 24.0. The first-order valence-corrected chi connectivity index (χ1v) is 19.3. The summed E-state index contributed by atoms with van der Waals surface area (Å²) in [7, 11) is 1.73. The molecule has 2 saturated heterocycles. The van der Waals surface area contributed by atoms with Crippen molar-refractivity contribution < 1.29 is 18.8 Å². The molecule has 8 rings (SSSR count). The molecule has 2 atom stereocenters. The molecular weight excluding hydrogens is 706 g/mol. The molecule has 0 bridgehead atoms. The standard InChI is InChI=1S/C39H48FN11O4/c1-23-20-49(16-17-50(23)27-8-9-28(29(40)18-27)35(53)43-31-10-11-32(52)45-36(31)54)21-24-4-6-26(7-5-24)51-22-25(19-41-51)42-38-44-30-12-15-48(3)37(55)33(30)34(46-38)47-39(2)13-14-39/h8-9,12,15,18-19,22-24,26,31H,4-7,10-11,13-14,16-17,20-21H2,1-3H3,(H,43,53)(H,45,52,54)(H2,42,44,46,47)/t23-,24?,26?,31?/m1/s1. The second-order valence-corrected chi connectivity index (χ2v) is 16.0. The van der Waals surface area contributed by atoms with Gasteiger partial charge in [0.05, 0.1) is 29.0 Å². The first kappa shape index (κ1) is 36.6. The number of halogens is 1. The van der Waals surface area contributed by atoms with Crippen LogP contribution in [0.5, 0.6) is 0 Å². The van der Waals surface area contributed by atoms with Crippen molar-refractivity contribution in [3.8, 4) is 0 Å². The minimum Gasteiger partial charge on any atom is -0.366 e. The predicted molar refractivity (Wildman–Crippen MR) is 206 cm³/mol. The Kier molecular flexibility index (Phi) is 9.78. The highest BCUT2D eigenvalue weighted by Gasteiger charge is 2.38. The van der Waals surface area contributed by atoms with Crippen molar-refractivity contribution in [2.45, 2.75) is 88.9 Å². The molecule has 16 heteroatoms. The molecule has 2 aliphatic heterocycles. The zero-order valence-corrected chi connectivity index (χ0v) is 31.5. The SMILES string of the molecule is C[C@@H]1CN(CC2CCC(n3cc(Nc4nc(NC5(C)CC5)c5c(=O)n(C)ccc5n4)cn3)CC2)CCN1c1ccc(C(=O)NC2CCC(=O)NC2=O)c(F)c1. The Bertz CT molecular complexity index is 2190. The third-order valence-corrected chi connectivity index (χ3v) is 11.7. The maximum atomic E-state index is 15.2. The van der Waals surface area contributed by atoms with Gasteiger partial charge in [-0.3, -0.25) is 34.1 Å². The number of nitrogens with one attached hydrogen (secondary N) is 4. The summed E-state index contributed by atoms with van der Waals surface area (Å²) in [4.78, 5) is 63.3. The quantitative estimate of drug-likeness (QED) is 0.174. The summed E-state index contributed by atoms with van der Waals surface area (Å²) in [5.41, 5.74) is 1.79. The third-order valence-electron chi connectivity index (χ3n) is 11.7. The zero-order valence-electron chi connectivity index (χ0n) is 31.5. The van der Waals surface area contributed by atoms with Gasteiger partial charge in [-0.2, -0.15) is 10.1 Å². The molecule has 4 aromatic rings. The van der Waals surface area contributed by atoms with Crippen LogP contribution < -0.4 is 31.7 Å². The number of fused-ring (bicyclic) bond motifs is 1. The maximum absolute atomic E-state index is 15.2. The van der Waals surface area contributed by atoms with Crippen molar-refractivity contribution in [1.29, 1.82) is 0 Å². The Labute approximate surface area is 318 Å². The molecule has 4 N–H and O–H groups in total. The Morgan fingerprint density at radius 1 is 1.05 bits per heavy atom. The van der Waals surface area contributed by atoms with E-state index in [9.17, 15) is 19.2 Å². The smallest absolute Gasteiger partial charge is 0.263 e. The number of anilines is 4. The second-order valence-electron chi connectivity index (χ2n) is 16.0. The van der Waals surface area contributed by atoms with Crippen LogP contribution >= 0.6 is 0 Å². The molecule has 0 spiro atoms. The monoisotopic (exact) mass is 753 g/mol. The number of pyridine rings is 1. The average molecular weight is 754 g/mol. The van der Waals surface area contributed by atoms with Crippen LogP contribution in [-0.4, -0.2) is 90.7 Å². The Hall–Kier alpha value is -5.38. The highest BCUT2D eigenvalue weighted by Crippen LogP contribution is 2.39. The van der Waals surface area contributed by atoms with Crippen LogP contribution in [-0.2, 0) is 16.6 Å². The molecule has 2 aliphatic carbocycles. The van der Waals surface area contributed by atoms with Gasteiger partial charge in [0.25, 0.3) is 11.5 Å². The lowest BCUT2D eigenvalue weighted by molar-refractivity contribution is -0.134. The second kappa shape index (κ2) is 14.7. The number of piperazine rings is 1. The van der Waals surface area contributed by atoms with E-state index in [-0.39, 0.29) is 41.5 Å². The number of hydrogen-bond acceptors (Lipinski definition) is 11. The van der Waals surface area contributed by atoms with E-state index >= 15 is 4.39 Å². The van der Waals surface area contributed by atoms with Gasteiger partial charge in [-0.05, 0) is 89.0 Å². The van der Waals surface area contributed by atoms with Crippen molar-refractivity contribution in [2.75, 3.05) is 41.7 Å². The summed E-state index contributed by atoms with van der Waals surface area (Å²) in [5, 5.41) is 16.7. The van der Waals surface area contributed by atoms with Crippen LogP contribution in [0.1, 0.15) is 81.6 Å². The number of benzene rings is 1. The van der Waals surface area contributed by atoms with Crippen LogP contribution in [0.4, 0.5) is 27.5 Å². The van der Waals surface area contributed by atoms with Crippen molar-refractivity contribution in [1.82, 2.24) is 39.8 Å². The van der Waals surface area contributed by atoms with Gasteiger partial charge in [-0.25, -0.2) is 9.37 Å². The molecule has 3 aromatic heterocycles. The maximum Gasteiger partial charge on any atom is 0.263 e. The summed E-state index contributed by atoms with van der Waals surface area (Å²) < 4.78 is 18.8. The number of carbonyl (C=O) groups excluding carboxylic acids is 3. The van der Waals surface area contributed by atoms with E-state index in [0.717, 1.165) is 76.1 Å². The Morgan fingerprint density at radius 2 is 1.85 bits per heavy atom. The molecule has 0 radical (unpaired) electrons. The highest BCUT2D eigenvalue weighted by molar-refractivity contribution is 6.04. The van der Waals surface area contributed by atoms with E-state index in [1.165, 1.54) is 12.1 Å². The lowest BCUT2D eigenvalue weighted by Gasteiger charge is -2.43. The number of rotatable bonds is 10. The van der Waals surface area contributed by atoms with Crippen molar-refractivity contribution in [2.24, 2.45) is 13.0 Å². The summed E-state index contributed by atoms with van der Waals surface area (Å²) in [6.07, 6.45) is 12.2. The largest absolute Gasteiger partial charge is 0.366 e. The van der Waals surface area contributed by atoms with Crippen LogP contribution in [0, 0.1) is 11.7 Å². The first-order valence-electron chi connectivity index (χ1n) is 19.3. The molecule has 290 valence electrons. The molecule has 15 nitrogen and oxygen atoms in total. The summed E-state index contributed by atoms with van der Waals surface area (Å²) in [5.74, 6) is -0.716. The van der Waals surface area contributed by atoms with E-state index in [4.69, 9.17) is 10.1 Å². The highest BCUT2D eigenvalue weighted by atomic mass is 19.1. The van der Waals surface area contributed by atoms with Crippen LogP contribution in [0.15, 0.2) is 47.7 Å². The summed E-state index contributed by atoms with van der Waals surface area (Å²) in [6, 6.07) is 6.05. The first-order chi connectivity index (χ1) is 26.4. The van der Waals surface area contributed by atoms with Crippen molar-refractivity contribution in [3.63, 3.8) is 0 Å². The summed E-state index contributed by atoms with van der Waals surface area (Å²) >= 11 is 0. The van der Waals surface area contributed by atoms with Crippen LogP contribution in [0.25, 0.3) is 10.9 Å². The fourth-order valence-corrected chi connectivity index (χ4v) is 8.19. The molecule has 4 fully saturated rings. The van der Waals surface area contributed by atoms with E-state index in [1.54, 1.807) is 30.1 Å². The number of amides is 3. The van der Waals surface area contributed by atoms with Crippen molar-refractivity contribution in [3.05, 3.63) is 64.6 Å². The van der Waals surface area contributed by atoms with E-state index in [2.05, 4.69) is 49.9 Å². The predicted octanol–water partition coefficient (Wildman–Crippen LogP) is 3.85. The zero-order chi connectivity index (χ0) is 38.4. The average Bonchev–Trinajstić information content (AvgIpc) is 3.69. The fraction of sp³-hybridized carbons (Fsp3) is 0.513. The molecule has 1 aromatic carbocycles.